The van der Waals surface area contributed by atoms with Crippen LogP contribution in [0, 0.1) is 0 Å². The van der Waals surface area contributed by atoms with Crippen LogP contribution in [0.4, 0.5) is 5.69 Å². The maximum absolute atomic E-state index is 12.1. The van der Waals surface area contributed by atoms with E-state index in [0.717, 1.165) is 6.21 Å². The Balaban J connectivity index is 2.74. The summed E-state index contributed by atoms with van der Waals surface area (Å²) in [5, 5.41) is 12.1. The molecule has 8 heteroatoms. The van der Waals surface area contributed by atoms with E-state index in [-0.39, 0.29) is 22.4 Å². The van der Waals surface area contributed by atoms with E-state index in [1.807, 2.05) is 6.07 Å². The second-order valence-electron chi connectivity index (χ2n) is 4.19. The molecule has 0 aliphatic heterocycles. The van der Waals surface area contributed by atoms with Crippen LogP contribution < -0.4 is 16.2 Å². The van der Waals surface area contributed by atoms with E-state index in [9.17, 15) is 14.7 Å². The fourth-order valence-corrected chi connectivity index (χ4v) is 1.44. The molecular formula is C14H16N4O3S. The number of aliphatic hydroxyl groups is 1. The summed E-state index contributed by atoms with van der Waals surface area (Å²) in [6.07, 6.45) is 1.12. The molecule has 4 N–H and O–H groups in total. The van der Waals surface area contributed by atoms with Gasteiger partial charge in [-0.1, -0.05) is 18.2 Å². The Hall–Kier alpha value is -2.74. The van der Waals surface area contributed by atoms with Gasteiger partial charge in [-0.2, -0.15) is 0 Å². The summed E-state index contributed by atoms with van der Waals surface area (Å²) in [4.78, 5) is 26.6. The molecule has 1 rings (SSSR count). The molecule has 1 aromatic rings. The minimum Gasteiger partial charge on any atom is -0.512 e. The number of aliphatic hydroxyl groups excluding tert-OH is 1. The smallest absolute Gasteiger partial charge is 0.260 e. The molecule has 0 heterocycles. The number of amides is 2. The third-order valence-corrected chi connectivity index (χ3v) is 2.53. The van der Waals surface area contributed by atoms with Gasteiger partial charge in [0, 0.05) is 18.8 Å². The second-order valence-corrected chi connectivity index (χ2v) is 4.58. The minimum atomic E-state index is -0.530. The number of hydrogen-bond donors (Lipinski definition) is 4. The van der Waals surface area contributed by atoms with E-state index >= 15 is 0 Å². The highest BCUT2D eigenvalue weighted by molar-refractivity contribution is 7.80. The number of hydrazine groups is 1. The van der Waals surface area contributed by atoms with Crippen molar-refractivity contribution in [3.05, 3.63) is 41.7 Å². The largest absolute Gasteiger partial charge is 0.512 e. The maximum atomic E-state index is 12.1. The van der Waals surface area contributed by atoms with Gasteiger partial charge in [-0.05, 0) is 31.3 Å². The van der Waals surface area contributed by atoms with Gasteiger partial charge in [0.2, 0.25) is 11.0 Å². The molecule has 0 aromatic heterocycles. The van der Waals surface area contributed by atoms with Gasteiger partial charge in [0.05, 0.1) is 5.57 Å². The first-order chi connectivity index (χ1) is 10.4. The van der Waals surface area contributed by atoms with Gasteiger partial charge in [0.15, 0.2) is 0 Å². The van der Waals surface area contributed by atoms with Gasteiger partial charge in [0.25, 0.3) is 5.91 Å². The van der Waals surface area contributed by atoms with Gasteiger partial charge >= 0.3 is 0 Å². The zero-order valence-electron chi connectivity index (χ0n) is 12.1. The number of anilines is 1. The molecule has 0 aliphatic carbocycles. The van der Waals surface area contributed by atoms with Crippen LogP contribution in [0.1, 0.15) is 13.8 Å². The molecule has 7 nitrogen and oxygen atoms in total. The molecule has 0 spiro atoms. The Morgan fingerprint density at radius 1 is 1.18 bits per heavy atom. The van der Waals surface area contributed by atoms with Crippen molar-refractivity contribution in [1.82, 2.24) is 10.9 Å². The zero-order valence-corrected chi connectivity index (χ0v) is 12.9. The number of rotatable bonds is 3. The van der Waals surface area contributed by atoms with Crippen molar-refractivity contribution < 1.29 is 14.7 Å². The Morgan fingerprint density at radius 3 is 2.36 bits per heavy atom. The predicted molar refractivity (Wildman–Crippen MR) is 88.4 cm³/mol. The molecule has 0 radical (unpaired) electrons. The number of carbonyl (C=O) groups is 2. The number of nitrogens with zero attached hydrogens (tertiary/aromatic N) is 1. The van der Waals surface area contributed by atoms with Crippen LogP contribution in [0.15, 0.2) is 46.7 Å². The van der Waals surface area contributed by atoms with Gasteiger partial charge in [0.1, 0.15) is 5.76 Å². The molecule has 2 amide bonds. The molecule has 0 atom stereocenters. The van der Waals surface area contributed by atoms with E-state index in [4.69, 9.17) is 12.2 Å². The number of thiocarbonyl (C=S) groups is 1. The first-order valence-electron chi connectivity index (χ1n) is 6.27. The number of aliphatic imine (C=N–C) groups is 1. The topological polar surface area (TPSA) is 103 Å². The Bertz CT molecular complexity index is 622. The predicted octanol–water partition coefficient (Wildman–Crippen LogP) is 1.45. The van der Waals surface area contributed by atoms with Crippen LogP contribution in [0.5, 0.6) is 0 Å². The maximum Gasteiger partial charge on any atom is 0.260 e. The van der Waals surface area contributed by atoms with Crippen molar-refractivity contribution >= 4 is 41.0 Å². The lowest BCUT2D eigenvalue weighted by molar-refractivity contribution is -0.119. The highest BCUT2D eigenvalue weighted by atomic mass is 32.1. The molecule has 116 valence electrons. The standard InChI is InChI=1S/C14H16N4O3S/c1-9(19)12(8-15-14(22)18-17-10(2)20)13(21)16-11-6-4-3-5-7-11/h3-8,19H,1-2H3,(H,16,21)(H,17,20)(H,18,22)/b12-9-,15-8+. The van der Waals surface area contributed by atoms with Crippen LogP contribution in [-0.2, 0) is 9.59 Å². The van der Waals surface area contributed by atoms with Crippen LogP contribution in [0.3, 0.4) is 0 Å². The van der Waals surface area contributed by atoms with Crippen molar-refractivity contribution in [3.63, 3.8) is 0 Å². The van der Waals surface area contributed by atoms with Crippen LogP contribution in [-0.4, -0.2) is 28.2 Å². The first-order valence-corrected chi connectivity index (χ1v) is 6.68. The Kier molecular flexibility index (Phi) is 6.71. The number of nitrogens with one attached hydrogen (secondary N) is 3. The number of benzene rings is 1. The van der Waals surface area contributed by atoms with E-state index in [1.165, 1.54) is 13.8 Å². The molecule has 0 bridgehead atoms. The SMILES string of the molecule is CC(=O)NNC(=S)/N=C/C(C(=O)Nc1ccccc1)=C(\C)O. The van der Waals surface area contributed by atoms with Crippen molar-refractivity contribution in [3.8, 4) is 0 Å². The van der Waals surface area contributed by atoms with E-state index < -0.39 is 5.91 Å². The quantitative estimate of drug-likeness (QED) is 0.222. The fourth-order valence-electron chi connectivity index (χ4n) is 1.33. The van der Waals surface area contributed by atoms with E-state index in [2.05, 4.69) is 21.2 Å². The molecule has 22 heavy (non-hydrogen) atoms. The van der Waals surface area contributed by atoms with Crippen molar-refractivity contribution in [2.24, 2.45) is 4.99 Å². The molecular weight excluding hydrogens is 304 g/mol. The summed E-state index contributed by atoms with van der Waals surface area (Å²) >= 11 is 4.83. The summed E-state index contributed by atoms with van der Waals surface area (Å²) in [6.45, 7) is 2.66. The summed E-state index contributed by atoms with van der Waals surface area (Å²) in [5.74, 6) is -1.08. The third-order valence-electron chi connectivity index (χ3n) is 2.32. The number of carbonyl (C=O) groups excluding carboxylic acids is 2. The summed E-state index contributed by atoms with van der Waals surface area (Å²) < 4.78 is 0. The van der Waals surface area contributed by atoms with Crippen molar-refractivity contribution in [2.75, 3.05) is 5.32 Å². The van der Waals surface area contributed by atoms with Crippen LogP contribution in [0.25, 0.3) is 0 Å². The first kappa shape index (κ1) is 17.3. The van der Waals surface area contributed by atoms with E-state index in [1.54, 1.807) is 24.3 Å². The van der Waals surface area contributed by atoms with Gasteiger partial charge in [-0.3, -0.25) is 20.4 Å². The molecule has 0 aliphatic rings. The lowest BCUT2D eigenvalue weighted by Gasteiger charge is -2.07. The average molecular weight is 320 g/mol. The van der Waals surface area contributed by atoms with Crippen LogP contribution in [0.2, 0.25) is 0 Å². The molecule has 0 fully saturated rings. The zero-order chi connectivity index (χ0) is 16.5. The van der Waals surface area contributed by atoms with Crippen molar-refractivity contribution in [2.45, 2.75) is 13.8 Å². The highest BCUT2D eigenvalue weighted by Crippen LogP contribution is 2.08. The Labute approximate surface area is 133 Å². The summed E-state index contributed by atoms with van der Waals surface area (Å²) in [6, 6.07) is 8.78. The summed E-state index contributed by atoms with van der Waals surface area (Å²) in [5.41, 5.74) is 5.14. The second kappa shape index (κ2) is 8.53. The number of para-hydroxylation sites is 1. The van der Waals surface area contributed by atoms with Crippen molar-refractivity contribution in [1.29, 1.82) is 0 Å². The normalized spacial score (nSPS) is 11.5. The molecule has 1 aromatic carbocycles. The lowest BCUT2D eigenvalue weighted by atomic mass is 10.2. The van der Waals surface area contributed by atoms with E-state index in [0.29, 0.717) is 5.69 Å². The van der Waals surface area contributed by atoms with Gasteiger partial charge < -0.3 is 10.4 Å². The monoisotopic (exact) mass is 320 g/mol. The minimum absolute atomic E-state index is 0.0455. The Morgan fingerprint density at radius 2 is 1.82 bits per heavy atom. The number of hydrogen-bond acceptors (Lipinski definition) is 4. The molecule has 0 saturated heterocycles. The molecule has 0 saturated carbocycles. The average Bonchev–Trinajstić information content (AvgIpc) is 2.46. The van der Waals surface area contributed by atoms with Gasteiger partial charge in [-0.15, -0.1) is 0 Å². The van der Waals surface area contributed by atoms with Crippen LogP contribution >= 0.6 is 12.2 Å². The third kappa shape index (κ3) is 6.14. The number of allylic oxidation sites excluding steroid dienone is 1. The molecule has 0 unspecified atom stereocenters. The lowest BCUT2D eigenvalue weighted by Crippen LogP contribution is -2.38. The van der Waals surface area contributed by atoms with Gasteiger partial charge in [-0.25, -0.2) is 4.99 Å². The highest BCUT2D eigenvalue weighted by Gasteiger charge is 2.11. The summed E-state index contributed by atoms with van der Waals surface area (Å²) in [7, 11) is 0. The fraction of sp³-hybridized carbons (Fsp3) is 0.143.